The Morgan fingerprint density at radius 2 is 2.14 bits per heavy atom. The van der Waals surface area contributed by atoms with Gasteiger partial charge in [-0.3, -0.25) is 4.79 Å². The van der Waals surface area contributed by atoms with Crippen LogP contribution in [0.5, 0.6) is 0 Å². The molecule has 2 aliphatic heterocycles. The highest BCUT2D eigenvalue weighted by Crippen LogP contribution is 2.32. The first kappa shape index (κ1) is 15.8. The molecule has 0 bridgehead atoms. The predicted octanol–water partition coefficient (Wildman–Crippen LogP) is 1.89. The standard InChI is InChI=1S/C17H24N2O2S/c18-16(20)17(6-8-21-9-7-17)12-19-15-11-22-10-5-13-3-1-2-4-14(13)15/h1-4,15,19H,5-12H2,(H2,18,20)/t15-/m1/s1. The molecule has 1 saturated heterocycles. The number of carbonyl (C=O) groups is 1. The van der Waals surface area contributed by atoms with Crippen molar-refractivity contribution in [3.8, 4) is 0 Å². The Morgan fingerprint density at radius 3 is 2.91 bits per heavy atom. The number of nitrogens with one attached hydrogen (secondary N) is 1. The normalized spacial score (nSPS) is 24.3. The van der Waals surface area contributed by atoms with Crippen LogP contribution in [0.2, 0.25) is 0 Å². The molecule has 120 valence electrons. The largest absolute Gasteiger partial charge is 0.381 e. The highest BCUT2D eigenvalue weighted by atomic mass is 32.2. The summed E-state index contributed by atoms with van der Waals surface area (Å²) in [6.45, 7) is 1.90. The zero-order valence-electron chi connectivity index (χ0n) is 12.8. The summed E-state index contributed by atoms with van der Waals surface area (Å²) in [7, 11) is 0. The molecule has 1 amide bonds. The molecule has 0 unspecified atom stereocenters. The highest BCUT2D eigenvalue weighted by Gasteiger charge is 2.38. The quantitative estimate of drug-likeness (QED) is 0.889. The minimum atomic E-state index is -0.454. The van der Waals surface area contributed by atoms with Gasteiger partial charge in [0.15, 0.2) is 0 Å². The summed E-state index contributed by atoms with van der Waals surface area (Å²) >= 11 is 1.97. The fourth-order valence-corrected chi connectivity index (χ4v) is 4.40. The lowest BCUT2D eigenvalue weighted by Gasteiger charge is -2.35. The third-order valence-corrected chi connectivity index (χ3v) is 5.95. The van der Waals surface area contributed by atoms with E-state index in [0.717, 1.165) is 30.8 Å². The van der Waals surface area contributed by atoms with Gasteiger partial charge in [0.1, 0.15) is 0 Å². The number of fused-ring (bicyclic) bond motifs is 1. The fraction of sp³-hybridized carbons (Fsp3) is 0.588. The number of hydrogen-bond donors (Lipinski definition) is 2. The monoisotopic (exact) mass is 320 g/mol. The van der Waals surface area contributed by atoms with Crippen LogP contribution < -0.4 is 11.1 Å². The van der Waals surface area contributed by atoms with Crippen molar-refractivity contribution in [2.45, 2.75) is 25.3 Å². The summed E-state index contributed by atoms with van der Waals surface area (Å²) < 4.78 is 5.40. The number of primary amides is 1. The van der Waals surface area contributed by atoms with E-state index in [-0.39, 0.29) is 5.91 Å². The molecule has 22 heavy (non-hydrogen) atoms. The van der Waals surface area contributed by atoms with E-state index >= 15 is 0 Å². The molecule has 3 rings (SSSR count). The first-order valence-corrected chi connectivity index (χ1v) is 9.13. The van der Waals surface area contributed by atoms with Gasteiger partial charge in [0.25, 0.3) is 0 Å². The number of carbonyl (C=O) groups excluding carboxylic acids is 1. The maximum absolute atomic E-state index is 12.0. The number of aryl methyl sites for hydroxylation is 1. The second-order valence-electron chi connectivity index (χ2n) is 6.21. The molecule has 3 N–H and O–H groups in total. The molecule has 1 atom stereocenters. The maximum atomic E-state index is 12.0. The van der Waals surface area contributed by atoms with E-state index < -0.39 is 5.41 Å². The number of thioether (sulfide) groups is 1. The van der Waals surface area contributed by atoms with E-state index in [1.165, 1.54) is 11.1 Å². The Hall–Kier alpha value is -1.04. The second kappa shape index (κ2) is 7.02. The lowest BCUT2D eigenvalue weighted by molar-refractivity contribution is -0.133. The minimum Gasteiger partial charge on any atom is -0.381 e. The topological polar surface area (TPSA) is 64.4 Å². The smallest absolute Gasteiger partial charge is 0.225 e. The zero-order valence-corrected chi connectivity index (χ0v) is 13.7. The van der Waals surface area contributed by atoms with E-state index in [4.69, 9.17) is 10.5 Å². The molecule has 0 aliphatic carbocycles. The first-order valence-electron chi connectivity index (χ1n) is 7.98. The predicted molar refractivity (Wildman–Crippen MR) is 89.9 cm³/mol. The van der Waals surface area contributed by atoms with Crippen LogP contribution in [-0.4, -0.2) is 37.2 Å². The molecule has 0 spiro atoms. The van der Waals surface area contributed by atoms with Crippen molar-refractivity contribution < 1.29 is 9.53 Å². The maximum Gasteiger partial charge on any atom is 0.225 e. The Balaban J connectivity index is 1.73. The molecule has 1 aromatic rings. The molecule has 1 aromatic carbocycles. The van der Waals surface area contributed by atoms with E-state index in [1.54, 1.807) is 0 Å². The summed E-state index contributed by atoms with van der Waals surface area (Å²) in [6, 6.07) is 8.92. The van der Waals surface area contributed by atoms with Crippen molar-refractivity contribution in [3.63, 3.8) is 0 Å². The van der Waals surface area contributed by atoms with Crippen molar-refractivity contribution in [1.82, 2.24) is 5.32 Å². The molecule has 0 radical (unpaired) electrons. The number of benzene rings is 1. The van der Waals surface area contributed by atoms with Gasteiger partial charge in [0, 0.05) is 31.6 Å². The third kappa shape index (κ3) is 3.31. The van der Waals surface area contributed by atoms with Gasteiger partial charge in [-0.15, -0.1) is 0 Å². The third-order valence-electron chi connectivity index (χ3n) is 4.89. The van der Waals surface area contributed by atoms with Crippen LogP contribution in [0.4, 0.5) is 0 Å². The van der Waals surface area contributed by atoms with Crippen molar-refractivity contribution in [2.75, 3.05) is 31.3 Å². The minimum absolute atomic E-state index is 0.196. The van der Waals surface area contributed by atoms with Crippen LogP contribution in [0.1, 0.15) is 30.0 Å². The molecule has 0 aromatic heterocycles. The van der Waals surface area contributed by atoms with Crippen LogP contribution >= 0.6 is 11.8 Å². The Labute approximate surface area is 136 Å². The number of ether oxygens (including phenoxy) is 1. The van der Waals surface area contributed by atoms with Gasteiger partial charge >= 0.3 is 0 Å². The second-order valence-corrected chi connectivity index (χ2v) is 7.36. The van der Waals surface area contributed by atoms with Gasteiger partial charge in [-0.05, 0) is 36.1 Å². The van der Waals surface area contributed by atoms with Crippen LogP contribution in [0.3, 0.4) is 0 Å². The molecule has 4 nitrogen and oxygen atoms in total. The fourth-order valence-electron chi connectivity index (χ4n) is 3.33. The average Bonchev–Trinajstić information content (AvgIpc) is 2.76. The van der Waals surface area contributed by atoms with Crippen LogP contribution in [0.15, 0.2) is 24.3 Å². The van der Waals surface area contributed by atoms with E-state index in [9.17, 15) is 4.79 Å². The van der Waals surface area contributed by atoms with Gasteiger partial charge in [0.2, 0.25) is 5.91 Å². The molecule has 2 heterocycles. The van der Waals surface area contributed by atoms with Crippen LogP contribution in [-0.2, 0) is 16.0 Å². The number of amides is 1. The Morgan fingerprint density at radius 1 is 1.36 bits per heavy atom. The highest BCUT2D eigenvalue weighted by molar-refractivity contribution is 7.99. The lowest BCUT2D eigenvalue weighted by Crippen LogP contribution is -2.49. The van der Waals surface area contributed by atoms with Crippen molar-refractivity contribution in [3.05, 3.63) is 35.4 Å². The van der Waals surface area contributed by atoms with Crippen molar-refractivity contribution in [2.24, 2.45) is 11.1 Å². The average molecular weight is 320 g/mol. The van der Waals surface area contributed by atoms with Gasteiger partial charge in [-0.1, -0.05) is 24.3 Å². The van der Waals surface area contributed by atoms with Crippen LogP contribution in [0, 0.1) is 5.41 Å². The first-order chi connectivity index (χ1) is 10.7. The molecule has 0 saturated carbocycles. The number of hydrogen-bond acceptors (Lipinski definition) is 4. The summed E-state index contributed by atoms with van der Waals surface area (Å²) in [5, 5.41) is 3.63. The Bertz CT molecular complexity index is 529. The summed E-state index contributed by atoms with van der Waals surface area (Å²) in [6.07, 6.45) is 2.56. The van der Waals surface area contributed by atoms with Gasteiger partial charge in [-0.2, -0.15) is 11.8 Å². The van der Waals surface area contributed by atoms with Crippen molar-refractivity contribution >= 4 is 17.7 Å². The van der Waals surface area contributed by atoms with Gasteiger partial charge < -0.3 is 15.8 Å². The molecule has 1 fully saturated rings. The Kier molecular flexibility index (Phi) is 5.06. The molecular weight excluding hydrogens is 296 g/mol. The number of nitrogens with two attached hydrogens (primary N) is 1. The summed E-state index contributed by atoms with van der Waals surface area (Å²) in [5.41, 5.74) is 8.05. The van der Waals surface area contributed by atoms with Crippen LogP contribution in [0.25, 0.3) is 0 Å². The van der Waals surface area contributed by atoms with E-state index in [0.29, 0.717) is 25.8 Å². The molecule has 5 heteroatoms. The number of rotatable bonds is 4. The zero-order chi connectivity index (χ0) is 15.4. The lowest BCUT2D eigenvalue weighted by atomic mass is 9.79. The molecular formula is C17H24N2O2S. The van der Waals surface area contributed by atoms with E-state index in [2.05, 4.69) is 29.6 Å². The van der Waals surface area contributed by atoms with Crippen molar-refractivity contribution in [1.29, 1.82) is 0 Å². The van der Waals surface area contributed by atoms with E-state index in [1.807, 2.05) is 11.8 Å². The summed E-state index contributed by atoms with van der Waals surface area (Å²) in [4.78, 5) is 12.0. The molecule has 2 aliphatic rings. The van der Waals surface area contributed by atoms with Gasteiger partial charge in [-0.25, -0.2) is 0 Å². The van der Waals surface area contributed by atoms with Gasteiger partial charge in [0.05, 0.1) is 5.41 Å². The summed E-state index contributed by atoms with van der Waals surface area (Å²) in [5.74, 6) is 2.00. The SMILES string of the molecule is NC(=O)C1(CN[C@@H]2CSCCc3ccccc32)CCOCC1.